The molecule has 0 aromatic heterocycles. The van der Waals surface area contributed by atoms with Crippen LogP contribution in [0.5, 0.6) is 0 Å². The van der Waals surface area contributed by atoms with E-state index in [4.69, 9.17) is 0 Å². The predicted octanol–water partition coefficient (Wildman–Crippen LogP) is 4.16. The third kappa shape index (κ3) is 3.64. The molecule has 1 unspecified atom stereocenters. The highest BCUT2D eigenvalue weighted by Crippen LogP contribution is 2.26. The summed E-state index contributed by atoms with van der Waals surface area (Å²) in [6.07, 6.45) is 2.89. The van der Waals surface area contributed by atoms with Gasteiger partial charge in [-0.3, -0.25) is 0 Å². The van der Waals surface area contributed by atoms with Crippen molar-refractivity contribution in [3.63, 3.8) is 0 Å². The number of hydrogen-bond donors (Lipinski definition) is 1. The maximum absolute atomic E-state index is 10.2. The zero-order valence-corrected chi connectivity index (χ0v) is 11.0. The van der Waals surface area contributed by atoms with Crippen LogP contribution in [0.3, 0.4) is 0 Å². The molecule has 0 spiro atoms. The van der Waals surface area contributed by atoms with E-state index in [9.17, 15) is 5.11 Å². The zero-order chi connectivity index (χ0) is 12.1. The normalized spacial score (nSPS) is 13.1. The molecule has 1 N–H and O–H groups in total. The van der Waals surface area contributed by atoms with Gasteiger partial charge in [0.25, 0.3) is 0 Å². The Balaban J connectivity index is 2.62. The second kappa shape index (κ2) is 6.05. The molecule has 0 saturated carbocycles. The summed E-state index contributed by atoms with van der Waals surface area (Å²) < 4.78 is 0. The molecular formula is C15H24O. The molecule has 0 bridgehead atoms. The number of benzene rings is 1. The fourth-order valence-corrected chi connectivity index (χ4v) is 2.22. The van der Waals surface area contributed by atoms with Crippen molar-refractivity contribution in [3.05, 3.63) is 34.9 Å². The van der Waals surface area contributed by atoms with Gasteiger partial charge in [0.15, 0.2) is 0 Å². The van der Waals surface area contributed by atoms with E-state index in [0.717, 1.165) is 24.3 Å². The number of aliphatic hydroxyl groups is 1. The first-order chi connectivity index (χ1) is 7.52. The van der Waals surface area contributed by atoms with Gasteiger partial charge in [0, 0.05) is 0 Å². The van der Waals surface area contributed by atoms with Crippen LogP contribution in [0.4, 0.5) is 0 Å². The molecule has 90 valence electrons. The molecule has 1 aromatic carbocycles. The van der Waals surface area contributed by atoms with Gasteiger partial charge in [0.05, 0.1) is 6.10 Å². The van der Waals surface area contributed by atoms with Crippen molar-refractivity contribution in [2.45, 2.75) is 53.1 Å². The maximum Gasteiger partial charge on any atom is 0.0795 e. The summed E-state index contributed by atoms with van der Waals surface area (Å²) >= 11 is 0. The van der Waals surface area contributed by atoms with Gasteiger partial charge in [-0.05, 0) is 42.9 Å². The van der Waals surface area contributed by atoms with Crippen molar-refractivity contribution in [3.8, 4) is 0 Å². The topological polar surface area (TPSA) is 20.2 Å². The van der Waals surface area contributed by atoms with Crippen LogP contribution in [-0.2, 0) is 0 Å². The van der Waals surface area contributed by atoms with Crippen LogP contribution in [0, 0.1) is 19.8 Å². The first-order valence-corrected chi connectivity index (χ1v) is 6.26. The Morgan fingerprint density at radius 3 is 2.12 bits per heavy atom. The van der Waals surface area contributed by atoms with Gasteiger partial charge in [0.2, 0.25) is 0 Å². The summed E-state index contributed by atoms with van der Waals surface area (Å²) in [7, 11) is 0. The third-order valence-corrected chi connectivity index (χ3v) is 3.13. The van der Waals surface area contributed by atoms with Crippen LogP contribution in [0.15, 0.2) is 18.2 Å². The molecule has 0 aliphatic heterocycles. The average molecular weight is 220 g/mol. The number of aryl methyl sites for hydroxylation is 2. The van der Waals surface area contributed by atoms with Crippen molar-refractivity contribution in [2.24, 2.45) is 5.92 Å². The van der Waals surface area contributed by atoms with E-state index in [2.05, 4.69) is 45.9 Å². The lowest BCUT2D eigenvalue weighted by atomic mass is 9.94. The van der Waals surface area contributed by atoms with Crippen molar-refractivity contribution in [1.29, 1.82) is 0 Å². The predicted molar refractivity (Wildman–Crippen MR) is 69.6 cm³/mol. The molecule has 0 amide bonds. The van der Waals surface area contributed by atoms with Crippen molar-refractivity contribution in [1.82, 2.24) is 0 Å². The quantitative estimate of drug-likeness (QED) is 0.790. The van der Waals surface area contributed by atoms with Crippen LogP contribution in [-0.4, -0.2) is 5.11 Å². The Morgan fingerprint density at radius 1 is 1.06 bits per heavy atom. The zero-order valence-electron chi connectivity index (χ0n) is 11.0. The Bertz CT molecular complexity index is 308. The number of rotatable bonds is 5. The highest BCUT2D eigenvalue weighted by molar-refractivity contribution is 5.35. The van der Waals surface area contributed by atoms with Crippen LogP contribution in [0.1, 0.15) is 55.9 Å². The van der Waals surface area contributed by atoms with Gasteiger partial charge in [-0.1, -0.05) is 44.9 Å². The summed E-state index contributed by atoms with van der Waals surface area (Å²) in [5, 5.41) is 10.2. The molecule has 0 aliphatic rings. The summed E-state index contributed by atoms with van der Waals surface area (Å²) in [4.78, 5) is 0. The van der Waals surface area contributed by atoms with Gasteiger partial charge in [-0.15, -0.1) is 0 Å². The summed E-state index contributed by atoms with van der Waals surface area (Å²) in [6.45, 7) is 8.61. The largest absolute Gasteiger partial charge is 0.388 e. The fourth-order valence-electron chi connectivity index (χ4n) is 2.22. The lowest BCUT2D eigenvalue weighted by Gasteiger charge is -2.16. The molecule has 0 radical (unpaired) electrons. The van der Waals surface area contributed by atoms with Crippen LogP contribution in [0.25, 0.3) is 0 Å². The lowest BCUT2D eigenvalue weighted by Crippen LogP contribution is -2.03. The molecule has 16 heavy (non-hydrogen) atoms. The number of hydrogen-bond acceptors (Lipinski definition) is 1. The molecule has 0 saturated heterocycles. The Morgan fingerprint density at radius 2 is 1.62 bits per heavy atom. The van der Waals surface area contributed by atoms with Gasteiger partial charge >= 0.3 is 0 Å². The van der Waals surface area contributed by atoms with Crippen molar-refractivity contribution in [2.75, 3.05) is 0 Å². The van der Waals surface area contributed by atoms with E-state index < -0.39 is 0 Å². The first-order valence-electron chi connectivity index (χ1n) is 6.26. The second-order valence-electron chi connectivity index (χ2n) is 5.15. The van der Waals surface area contributed by atoms with Gasteiger partial charge < -0.3 is 5.11 Å². The van der Waals surface area contributed by atoms with E-state index in [0.29, 0.717) is 0 Å². The van der Waals surface area contributed by atoms with E-state index in [1.165, 1.54) is 17.5 Å². The summed E-state index contributed by atoms with van der Waals surface area (Å²) in [5.41, 5.74) is 3.54. The molecule has 1 heteroatoms. The van der Waals surface area contributed by atoms with E-state index in [-0.39, 0.29) is 6.10 Å². The van der Waals surface area contributed by atoms with Crippen LogP contribution >= 0.6 is 0 Å². The Kier molecular flexibility index (Phi) is 5.01. The smallest absolute Gasteiger partial charge is 0.0795 e. The molecule has 1 aromatic rings. The molecular weight excluding hydrogens is 196 g/mol. The molecule has 1 rings (SSSR count). The Labute approximate surface area is 99.5 Å². The van der Waals surface area contributed by atoms with E-state index >= 15 is 0 Å². The monoisotopic (exact) mass is 220 g/mol. The van der Waals surface area contributed by atoms with Crippen LogP contribution in [0.2, 0.25) is 0 Å². The Hall–Kier alpha value is -0.820. The molecule has 0 heterocycles. The number of aliphatic hydroxyl groups excluding tert-OH is 1. The van der Waals surface area contributed by atoms with E-state index in [1.54, 1.807) is 0 Å². The van der Waals surface area contributed by atoms with Gasteiger partial charge in [-0.2, -0.15) is 0 Å². The standard InChI is InChI=1S/C15H24O/c1-11(2)7-5-10-14(16)15-12(3)8-6-9-13(15)4/h6,8-9,11,14,16H,5,7,10H2,1-4H3. The second-order valence-corrected chi connectivity index (χ2v) is 5.15. The highest BCUT2D eigenvalue weighted by Gasteiger charge is 2.12. The minimum Gasteiger partial charge on any atom is -0.388 e. The highest BCUT2D eigenvalue weighted by atomic mass is 16.3. The first kappa shape index (κ1) is 13.2. The molecule has 1 nitrogen and oxygen atoms in total. The summed E-state index contributed by atoms with van der Waals surface area (Å²) in [5.74, 6) is 0.727. The molecule has 0 aliphatic carbocycles. The SMILES string of the molecule is Cc1cccc(C)c1C(O)CCCC(C)C. The van der Waals surface area contributed by atoms with Gasteiger partial charge in [0.1, 0.15) is 0 Å². The maximum atomic E-state index is 10.2. The van der Waals surface area contributed by atoms with Crippen molar-refractivity contribution < 1.29 is 5.11 Å². The van der Waals surface area contributed by atoms with Gasteiger partial charge in [-0.25, -0.2) is 0 Å². The average Bonchev–Trinajstić information content (AvgIpc) is 2.16. The fraction of sp³-hybridized carbons (Fsp3) is 0.600. The molecule has 1 atom stereocenters. The third-order valence-electron chi connectivity index (χ3n) is 3.13. The van der Waals surface area contributed by atoms with Crippen molar-refractivity contribution >= 4 is 0 Å². The minimum atomic E-state index is -0.292. The lowest BCUT2D eigenvalue weighted by molar-refractivity contribution is 0.160. The van der Waals surface area contributed by atoms with E-state index in [1.807, 2.05) is 0 Å². The molecule has 0 fully saturated rings. The van der Waals surface area contributed by atoms with Crippen LogP contribution < -0.4 is 0 Å². The summed E-state index contributed by atoms with van der Waals surface area (Å²) in [6, 6.07) is 6.21. The minimum absolute atomic E-state index is 0.292.